The van der Waals surface area contributed by atoms with E-state index in [-0.39, 0.29) is 32.0 Å². The summed E-state index contributed by atoms with van der Waals surface area (Å²) in [4.78, 5) is 35.6. The number of rotatable bonds is 51. The zero-order chi connectivity index (χ0) is 52.0. The van der Waals surface area contributed by atoms with Gasteiger partial charge in [-0.05, 0) is 96.3 Å². The number of likely N-dealkylation sites (N-methyl/N-ethyl adjacent to an activating group) is 1. The molecular formula is C61H107NO8P+. The number of esters is 2. The van der Waals surface area contributed by atoms with Gasteiger partial charge in [-0.2, -0.15) is 0 Å². The largest absolute Gasteiger partial charge is 0.472 e. The number of allylic oxidation sites excluding steroid dienone is 16. The average Bonchev–Trinajstić information content (AvgIpc) is 3.33. The Morgan fingerprint density at radius 3 is 1.21 bits per heavy atom. The lowest BCUT2D eigenvalue weighted by atomic mass is 10.0. The van der Waals surface area contributed by atoms with Gasteiger partial charge >= 0.3 is 19.8 Å². The van der Waals surface area contributed by atoms with Crippen LogP contribution in [0.4, 0.5) is 0 Å². The van der Waals surface area contributed by atoms with E-state index in [1.807, 2.05) is 21.1 Å². The first-order chi connectivity index (χ1) is 34.5. The Hall–Kier alpha value is -3.07. The molecule has 0 fully saturated rings. The molecule has 0 radical (unpaired) electrons. The number of quaternary nitrogens is 1. The molecule has 0 aliphatic rings. The number of carbonyl (C=O) groups excluding carboxylic acids is 2. The quantitative estimate of drug-likeness (QED) is 0.0211. The third-order valence-corrected chi connectivity index (χ3v) is 12.8. The first-order valence-electron chi connectivity index (χ1n) is 28.5. The minimum absolute atomic E-state index is 0.0261. The third kappa shape index (κ3) is 56.1. The Morgan fingerprint density at radius 2 is 0.803 bits per heavy atom. The smallest absolute Gasteiger partial charge is 0.462 e. The summed E-state index contributed by atoms with van der Waals surface area (Å²) in [6.45, 7) is 4.29. The molecule has 0 aromatic carbocycles. The predicted molar refractivity (Wildman–Crippen MR) is 302 cm³/mol. The van der Waals surface area contributed by atoms with E-state index in [1.54, 1.807) is 0 Å². The van der Waals surface area contributed by atoms with Crippen molar-refractivity contribution in [3.63, 3.8) is 0 Å². The van der Waals surface area contributed by atoms with Gasteiger partial charge in [0.25, 0.3) is 0 Å². The SMILES string of the molecule is CC/C=C\C/C=C\C/C=C\C/C=C\C/C=C\C/C=C\C/C=C\CCCCCCCCCCCCCC(=O)OC(COC(=O)CCCCCCC/C=C\CCCCCCC)COP(=O)(O)OCC[N+](C)(C)C. The van der Waals surface area contributed by atoms with Gasteiger partial charge in [-0.15, -0.1) is 0 Å². The summed E-state index contributed by atoms with van der Waals surface area (Å²) in [6.07, 6.45) is 70.5. The molecular weight excluding hydrogens is 906 g/mol. The van der Waals surface area contributed by atoms with Crippen molar-refractivity contribution in [3.05, 3.63) is 97.2 Å². The number of phosphoric ester groups is 1. The summed E-state index contributed by atoms with van der Waals surface area (Å²) >= 11 is 0. The van der Waals surface area contributed by atoms with Crippen LogP contribution in [-0.2, 0) is 32.7 Å². The molecule has 0 bridgehead atoms. The molecule has 0 heterocycles. The van der Waals surface area contributed by atoms with Crippen LogP contribution in [0.5, 0.6) is 0 Å². The van der Waals surface area contributed by atoms with Crippen LogP contribution in [0.25, 0.3) is 0 Å². The Labute approximate surface area is 436 Å². The summed E-state index contributed by atoms with van der Waals surface area (Å²) in [7, 11) is 1.46. The summed E-state index contributed by atoms with van der Waals surface area (Å²) in [5, 5.41) is 0. The number of carbonyl (C=O) groups is 2. The lowest BCUT2D eigenvalue weighted by Gasteiger charge is -2.24. The zero-order valence-electron chi connectivity index (χ0n) is 46.2. The van der Waals surface area contributed by atoms with Gasteiger partial charge in [0.05, 0.1) is 27.7 Å². The van der Waals surface area contributed by atoms with Gasteiger partial charge in [-0.1, -0.05) is 214 Å². The van der Waals surface area contributed by atoms with Crippen molar-refractivity contribution in [2.45, 2.75) is 232 Å². The molecule has 0 amide bonds. The molecule has 0 aromatic rings. The fraction of sp³-hybridized carbons (Fsp3) is 0.705. The van der Waals surface area contributed by atoms with Crippen LogP contribution in [0.3, 0.4) is 0 Å². The fourth-order valence-corrected chi connectivity index (χ4v) is 8.20. The van der Waals surface area contributed by atoms with Gasteiger partial charge < -0.3 is 18.9 Å². The fourth-order valence-electron chi connectivity index (χ4n) is 7.46. The first-order valence-corrected chi connectivity index (χ1v) is 30.0. The summed E-state index contributed by atoms with van der Waals surface area (Å²) in [5.41, 5.74) is 0. The van der Waals surface area contributed by atoms with Crippen LogP contribution in [0, 0.1) is 0 Å². The molecule has 2 atom stereocenters. The second kappa shape index (κ2) is 51.8. The third-order valence-electron chi connectivity index (χ3n) is 11.8. The number of phosphoric acid groups is 1. The summed E-state index contributed by atoms with van der Waals surface area (Å²) < 4.78 is 34.5. The van der Waals surface area contributed by atoms with Crippen molar-refractivity contribution < 1.29 is 42.1 Å². The van der Waals surface area contributed by atoms with E-state index >= 15 is 0 Å². The number of unbranched alkanes of at least 4 members (excludes halogenated alkanes) is 21. The molecule has 0 aliphatic heterocycles. The maximum Gasteiger partial charge on any atom is 0.472 e. The Bertz CT molecular complexity index is 1520. The zero-order valence-corrected chi connectivity index (χ0v) is 47.1. The molecule has 0 saturated heterocycles. The molecule has 0 aliphatic carbocycles. The normalized spacial score (nSPS) is 14.1. The van der Waals surface area contributed by atoms with Crippen molar-refractivity contribution in [1.29, 1.82) is 0 Å². The van der Waals surface area contributed by atoms with E-state index in [0.717, 1.165) is 109 Å². The van der Waals surface area contributed by atoms with Crippen molar-refractivity contribution >= 4 is 19.8 Å². The van der Waals surface area contributed by atoms with E-state index < -0.39 is 26.5 Å². The molecule has 0 saturated carbocycles. The van der Waals surface area contributed by atoms with Gasteiger partial charge in [0, 0.05) is 12.8 Å². The summed E-state index contributed by atoms with van der Waals surface area (Å²) in [5.74, 6) is -0.814. The van der Waals surface area contributed by atoms with Gasteiger partial charge in [-0.25, -0.2) is 4.57 Å². The van der Waals surface area contributed by atoms with Crippen molar-refractivity contribution in [1.82, 2.24) is 0 Å². The van der Waals surface area contributed by atoms with Gasteiger partial charge in [0.1, 0.15) is 19.8 Å². The Morgan fingerprint density at radius 1 is 0.451 bits per heavy atom. The molecule has 0 spiro atoms. The van der Waals surface area contributed by atoms with Crippen molar-refractivity contribution in [2.75, 3.05) is 47.5 Å². The van der Waals surface area contributed by atoms with Crippen LogP contribution in [0.2, 0.25) is 0 Å². The highest BCUT2D eigenvalue weighted by molar-refractivity contribution is 7.47. The minimum atomic E-state index is -4.39. The van der Waals surface area contributed by atoms with E-state index in [0.29, 0.717) is 17.4 Å². The van der Waals surface area contributed by atoms with Crippen molar-refractivity contribution in [2.24, 2.45) is 0 Å². The average molecular weight is 1010 g/mol. The second-order valence-electron chi connectivity index (χ2n) is 19.9. The van der Waals surface area contributed by atoms with E-state index in [2.05, 4.69) is 111 Å². The number of nitrogens with zero attached hydrogens (tertiary/aromatic N) is 1. The molecule has 10 heteroatoms. The molecule has 0 aromatic heterocycles. The monoisotopic (exact) mass is 1010 g/mol. The Kier molecular flexibility index (Phi) is 49.6. The lowest BCUT2D eigenvalue weighted by molar-refractivity contribution is -0.870. The standard InChI is InChI=1S/C61H106NO8P/c1-6-8-10-12-14-16-18-20-22-23-24-25-26-27-28-29-30-31-32-33-34-35-36-37-38-39-40-42-44-46-48-50-52-54-61(64)70-59(58-69-71(65,66)68-56-55-62(3,4)5)57-67-60(63)53-51-49-47-45-43-41-21-19-17-15-13-11-9-7-2/h8,10,14,16,19-22,24-25,27-28,30-31,33-34,59H,6-7,9,11-13,15,17-18,23,26,29,32,35-58H2,1-5H3/p+1/b10-8-,16-14-,21-19-,22-20-,25-24-,28-27-,31-30-,34-33-. The molecule has 408 valence electrons. The van der Waals surface area contributed by atoms with Gasteiger partial charge in [0.15, 0.2) is 6.10 Å². The highest BCUT2D eigenvalue weighted by atomic mass is 31.2. The molecule has 2 unspecified atom stereocenters. The van der Waals surface area contributed by atoms with E-state index in [9.17, 15) is 19.0 Å². The van der Waals surface area contributed by atoms with Crippen LogP contribution < -0.4 is 0 Å². The molecule has 0 rings (SSSR count). The van der Waals surface area contributed by atoms with Crippen LogP contribution >= 0.6 is 7.82 Å². The molecule has 71 heavy (non-hydrogen) atoms. The molecule has 1 N–H and O–H groups in total. The highest BCUT2D eigenvalue weighted by Crippen LogP contribution is 2.43. The molecule has 9 nitrogen and oxygen atoms in total. The van der Waals surface area contributed by atoms with Crippen LogP contribution in [-0.4, -0.2) is 74.9 Å². The highest BCUT2D eigenvalue weighted by Gasteiger charge is 2.27. The maximum atomic E-state index is 12.8. The second-order valence-corrected chi connectivity index (χ2v) is 21.4. The number of ether oxygens (including phenoxy) is 2. The Balaban J connectivity index is 4.13. The first kappa shape index (κ1) is 67.9. The predicted octanol–water partition coefficient (Wildman–Crippen LogP) is 17.6. The van der Waals surface area contributed by atoms with E-state index in [4.69, 9.17) is 18.5 Å². The van der Waals surface area contributed by atoms with Gasteiger partial charge in [-0.3, -0.25) is 18.6 Å². The van der Waals surface area contributed by atoms with Crippen molar-refractivity contribution in [3.8, 4) is 0 Å². The van der Waals surface area contributed by atoms with E-state index in [1.165, 1.54) is 83.5 Å². The van der Waals surface area contributed by atoms with Gasteiger partial charge in [0.2, 0.25) is 0 Å². The number of hydrogen-bond acceptors (Lipinski definition) is 7. The lowest BCUT2D eigenvalue weighted by Crippen LogP contribution is -2.37. The van der Waals surface area contributed by atoms with Crippen LogP contribution in [0.1, 0.15) is 226 Å². The number of hydrogen-bond donors (Lipinski definition) is 1. The summed E-state index contributed by atoms with van der Waals surface area (Å²) in [6, 6.07) is 0. The minimum Gasteiger partial charge on any atom is -0.462 e. The van der Waals surface area contributed by atoms with Crippen LogP contribution in [0.15, 0.2) is 97.2 Å². The topological polar surface area (TPSA) is 108 Å². The maximum absolute atomic E-state index is 12.8.